The van der Waals surface area contributed by atoms with Gasteiger partial charge >= 0.3 is 0 Å². The highest BCUT2D eigenvalue weighted by Crippen LogP contribution is 2.37. The van der Waals surface area contributed by atoms with E-state index in [4.69, 9.17) is 10.5 Å². The summed E-state index contributed by atoms with van der Waals surface area (Å²) in [7, 11) is 0. The summed E-state index contributed by atoms with van der Waals surface area (Å²) < 4.78 is 8.73. The summed E-state index contributed by atoms with van der Waals surface area (Å²) in [4.78, 5) is 0. The molecule has 1 fully saturated rings. The third-order valence-corrected chi connectivity index (χ3v) is 5.02. The quantitative estimate of drug-likeness (QED) is 0.723. The molecule has 2 nitrogen and oxygen atoms in total. The summed E-state index contributed by atoms with van der Waals surface area (Å²) in [5, 5.41) is 0. The first kappa shape index (κ1) is 14.8. The van der Waals surface area contributed by atoms with Crippen molar-refractivity contribution >= 4 is 47.8 Å². The van der Waals surface area contributed by atoms with Gasteiger partial charge in [-0.2, -0.15) is 0 Å². The van der Waals surface area contributed by atoms with Crippen molar-refractivity contribution in [1.29, 1.82) is 0 Å². The van der Waals surface area contributed by atoms with Crippen molar-refractivity contribution in [3.05, 3.63) is 25.6 Å². The first-order valence-corrected chi connectivity index (χ1v) is 8.48. The van der Waals surface area contributed by atoms with E-state index in [1.807, 2.05) is 12.1 Å². The van der Waals surface area contributed by atoms with Gasteiger partial charge in [0.25, 0.3) is 0 Å². The van der Waals surface area contributed by atoms with Gasteiger partial charge in [0.2, 0.25) is 0 Å². The van der Waals surface area contributed by atoms with Crippen molar-refractivity contribution in [1.82, 2.24) is 0 Å². The molecular formula is C13H16Br3NO. The van der Waals surface area contributed by atoms with Gasteiger partial charge in [0.1, 0.15) is 12.4 Å². The second kappa shape index (κ2) is 6.73. The number of ether oxygens (including phenoxy) is 1. The maximum atomic E-state index is 6.19. The lowest BCUT2D eigenvalue weighted by atomic mass is 10.00. The van der Waals surface area contributed by atoms with Crippen molar-refractivity contribution < 1.29 is 4.74 Å². The molecule has 0 bridgehead atoms. The van der Waals surface area contributed by atoms with Crippen LogP contribution in [0.2, 0.25) is 0 Å². The van der Waals surface area contributed by atoms with E-state index in [0.29, 0.717) is 12.5 Å². The molecule has 2 N–H and O–H groups in total. The molecule has 0 spiro atoms. The monoisotopic (exact) mass is 439 g/mol. The largest absolute Gasteiger partial charge is 0.490 e. The Hall–Kier alpha value is 0.420. The summed E-state index contributed by atoms with van der Waals surface area (Å²) >= 11 is 10.5. The van der Waals surface area contributed by atoms with E-state index in [-0.39, 0.29) is 6.04 Å². The van der Waals surface area contributed by atoms with Crippen molar-refractivity contribution in [3.63, 3.8) is 0 Å². The molecule has 1 aliphatic rings. The summed E-state index contributed by atoms with van der Waals surface area (Å²) in [6.45, 7) is 0.573. The molecule has 100 valence electrons. The standard InChI is InChI=1S/C13H16Br3NO/c14-9-5-10(15)13(11(16)6-9)18-7-12(17)8-3-1-2-4-8/h5-6,8,12H,1-4,7,17H2. The molecule has 1 aromatic rings. The van der Waals surface area contributed by atoms with Crippen LogP contribution in [0.25, 0.3) is 0 Å². The predicted molar refractivity (Wildman–Crippen MR) is 85.0 cm³/mol. The highest BCUT2D eigenvalue weighted by atomic mass is 79.9. The predicted octanol–water partition coefficient (Wildman–Crippen LogP) is 4.87. The molecule has 0 amide bonds. The van der Waals surface area contributed by atoms with Gasteiger partial charge in [-0.25, -0.2) is 0 Å². The second-order valence-electron chi connectivity index (χ2n) is 4.72. The normalized spacial score (nSPS) is 18.0. The van der Waals surface area contributed by atoms with Crippen molar-refractivity contribution in [2.45, 2.75) is 31.7 Å². The molecule has 0 saturated heterocycles. The lowest BCUT2D eigenvalue weighted by Crippen LogP contribution is -2.34. The first-order valence-electron chi connectivity index (χ1n) is 6.11. The Morgan fingerprint density at radius 2 is 1.72 bits per heavy atom. The highest BCUT2D eigenvalue weighted by Gasteiger charge is 2.23. The smallest absolute Gasteiger partial charge is 0.147 e. The van der Waals surface area contributed by atoms with Crippen LogP contribution in [0.4, 0.5) is 0 Å². The molecule has 1 aliphatic carbocycles. The van der Waals surface area contributed by atoms with E-state index in [0.717, 1.165) is 19.2 Å². The Kier molecular flexibility index (Phi) is 5.54. The van der Waals surface area contributed by atoms with E-state index in [9.17, 15) is 0 Å². The van der Waals surface area contributed by atoms with Crippen LogP contribution in [0.15, 0.2) is 25.6 Å². The van der Waals surface area contributed by atoms with Gasteiger partial charge < -0.3 is 10.5 Å². The molecule has 0 heterocycles. The zero-order valence-electron chi connectivity index (χ0n) is 9.96. The van der Waals surface area contributed by atoms with E-state index in [2.05, 4.69) is 47.8 Å². The SMILES string of the molecule is NC(COc1c(Br)cc(Br)cc1Br)C1CCCC1. The summed E-state index contributed by atoms with van der Waals surface area (Å²) in [6, 6.07) is 4.08. The number of benzene rings is 1. The van der Waals surface area contributed by atoms with Crippen LogP contribution >= 0.6 is 47.8 Å². The number of hydrogen-bond acceptors (Lipinski definition) is 2. The maximum Gasteiger partial charge on any atom is 0.147 e. The molecule has 0 radical (unpaired) electrons. The topological polar surface area (TPSA) is 35.2 Å². The lowest BCUT2D eigenvalue weighted by molar-refractivity contribution is 0.245. The van der Waals surface area contributed by atoms with Gasteiger partial charge in [-0.3, -0.25) is 0 Å². The third kappa shape index (κ3) is 3.71. The van der Waals surface area contributed by atoms with Gasteiger partial charge in [-0.15, -0.1) is 0 Å². The van der Waals surface area contributed by atoms with Crippen molar-refractivity contribution in [2.75, 3.05) is 6.61 Å². The van der Waals surface area contributed by atoms with E-state index < -0.39 is 0 Å². The fraction of sp³-hybridized carbons (Fsp3) is 0.538. The number of rotatable bonds is 4. The third-order valence-electron chi connectivity index (χ3n) is 3.39. The Morgan fingerprint density at radius 1 is 1.17 bits per heavy atom. The molecule has 18 heavy (non-hydrogen) atoms. The summed E-state index contributed by atoms with van der Waals surface area (Å²) in [6.07, 6.45) is 5.11. The van der Waals surface area contributed by atoms with Crippen LogP contribution in [-0.4, -0.2) is 12.6 Å². The average molecular weight is 442 g/mol. The molecular weight excluding hydrogens is 426 g/mol. The molecule has 0 aliphatic heterocycles. The minimum absolute atomic E-state index is 0.134. The molecule has 1 atom stereocenters. The molecule has 5 heteroatoms. The Labute approximate surface area is 133 Å². The van der Waals surface area contributed by atoms with Crippen molar-refractivity contribution in [3.8, 4) is 5.75 Å². The van der Waals surface area contributed by atoms with Gasteiger partial charge in [-0.05, 0) is 62.8 Å². The summed E-state index contributed by atoms with van der Waals surface area (Å²) in [5.74, 6) is 1.45. The molecule has 1 aromatic carbocycles. The van der Waals surface area contributed by atoms with Crippen LogP contribution in [0.1, 0.15) is 25.7 Å². The van der Waals surface area contributed by atoms with E-state index in [1.165, 1.54) is 25.7 Å². The minimum Gasteiger partial charge on any atom is -0.490 e. The highest BCUT2D eigenvalue weighted by molar-refractivity contribution is 9.11. The average Bonchev–Trinajstić information content (AvgIpc) is 2.80. The van der Waals surface area contributed by atoms with Gasteiger partial charge in [-0.1, -0.05) is 28.8 Å². The summed E-state index contributed by atoms with van der Waals surface area (Å²) in [5.41, 5.74) is 6.19. The fourth-order valence-electron chi connectivity index (χ4n) is 2.37. The Morgan fingerprint density at radius 3 is 2.28 bits per heavy atom. The zero-order chi connectivity index (χ0) is 13.1. The van der Waals surface area contributed by atoms with Gasteiger partial charge in [0.15, 0.2) is 0 Å². The fourth-order valence-corrected chi connectivity index (χ4v) is 4.86. The molecule has 2 rings (SSSR count). The Bertz CT molecular complexity index is 396. The molecule has 1 unspecified atom stereocenters. The van der Waals surface area contributed by atoms with Crippen LogP contribution in [0.5, 0.6) is 5.75 Å². The number of halogens is 3. The number of hydrogen-bond donors (Lipinski definition) is 1. The van der Waals surface area contributed by atoms with Crippen LogP contribution in [-0.2, 0) is 0 Å². The van der Waals surface area contributed by atoms with Crippen LogP contribution in [0.3, 0.4) is 0 Å². The lowest BCUT2D eigenvalue weighted by Gasteiger charge is -2.20. The van der Waals surface area contributed by atoms with E-state index in [1.54, 1.807) is 0 Å². The minimum atomic E-state index is 0.134. The van der Waals surface area contributed by atoms with Crippen LogP contribution in [0, 0.1) is 5.92 Å². The maximum absolute atomic E-state index is 6.19. The zero-order valence-corrected chi connectivity index (χ0v) is 14.7. The van der Waals surface area contributed by atoms with Gasteiger partial charge in [0, 0.05) is 10.5 Å². The second-order valence-corrected chi connectivity index (χ2v) is 7.34. The first-order chi connectivity index (χ1) is 8.58. The van der Waals surface area contributed by atoms with Crippen LogP contribution < -0.4 is 10.5 Å². The molecule has 1 saturated carbocycles. The van der Waals surface area contributed by atoms with E-state index >= 15 is 0 Å². The van der Waals surface area contributed by atoms with Crippen molar-refractivity contribution in [2.24, 2.45) is 11.7 Å². The van der Waals surface area contributed by atoms with Gasteiger partial charge in [0.05, 0.1) is 8.95 Å². The Balaban J connectivity index is 1.97. The number of nitrogens with two attached hydrogens (primary N) is 1. The molecule has 0 aromatic heterocycles.